The van der Waals surface area contributed by atoms with Crippen LogP contribution in [0, 0.1) is 0 Å². The summed E-state index contributed by atoms with van der Waals surface area (Å²) >= 11 is 0. The van der Waals surface area contributed by atoms with E-state index in [4.69, 9.17) is 0 Å². The van der Waals surface area contributed by atoms with Crippen LogP contribution in [0.1, 0.15) is 5.56 Å². The van der Waals surface area contributed by atoms with Gasteiger partial charge in [0.25, 0.3) is 0 Å². The largest absolute Gasteiger partial charge is 0.507 e. The topological polar surface area (TPSA) is 98.7 Å². The van der Waals surface area contributed by atoms with Gasteiger partial charge < -0.3 is 20.4 Å². The quantitative estimate of drug-likeness (QED) is 0.503. The third-order valence-corrected chi connectivity index (χ3v) is 4.81. The molecule has 0 aliphatic carbocycles. The van der Waals surface area contributed by atoms with Crippen LogP contribution in [0.25, 0.3) is 22.3 Å². The molecule has 6 nitrogen and oxygen atoms in total. The molecule has 3 rings (SSSR count). The molecule has 0 radical (unpaired) electrons. The first-order valence-corrected chi connectivity index (χ1v) is 8.64. The number of aromatic hydroxyl groups is 1. The fourth-order valence-electron chi connectivity index (χ4n) is 3.09. The maximum Gasteiger partial charge on any atom is 0.417 e. The molecule has 154 valence electrons. The lowest BCUT2D eigenvalue weighted by Crippen LogP contribution is -2.45. The van der Waals surface area contributed by atoms with Gasteiger partial charge in [-0.15, -0.1) is 0 Å². The second-order valence-corrected chi connectivity index (χ2v) is 6.62. The first-order valence-electron chi connectivity index (χ1n) is 8.64. The maximum atomic E-state index is 13.7. The first kappa shape index (κ1) is 20.8. The lowest BCUT2D eigenvalue weighted by Gasteiger charge is -2.27. The van der Waals surface area contributed by atoms with Crippen molar-refractivity contribution in [1.82, 2.24) is 9.78 Å². The van der Waals surface area contributed by atoms with Crippen LogP contribution >= 0.6 is 0 Å². The van der Waals surface area contributed by atoms with Crippen molar-refractivity contribution in [1.29, 1.82) is 0 Å². The summed E-state index contributed by atoms with van der Waals surface area (Å²) in [6.07, 6.45) is -2.06. The minimum atomic E-state index is -4.67. The van der Waals surface area contributed by atoms with Crippen molar-refractivity contribution in [3.05, 3.63) is 60.4 Å². The number of halogens is 3. The molecule has 4 N–H and O–H groups in total. The van der Waals surface area contributed by atoms with Crippen LogP contribution in [0.3, 0.4) is 0 Å². The molecule has 0 saturated carbocycles. The minimum absolute atomic E-state index is 0.000845. The van der Waals surface area contributed by atoms with Gasteiger partial charge in [-0.1, -0.05) is 30.3 Å². The standard InChI is InChI=1S/C20H19F3N2O4/c21-20(22,23)16-6-3-5-14(18(16)15-4-1-2-7-17(15)29)13-8-24-25(9-13)19(10-26,11-27)12-28/h1-9,26-29H,10-12H2. The Morgan fingerprint density at radius 3 is 2.07 bits per heavy atom. The molecular formula is C20H19F3N2O4. The van der Waals surface area contributed by atoms with Crippen LogP contribution in [0.4, 0.5) is 13.2 Å². The van der Waals surface area contributed by atoms with Crippen molar-refractivity contribution in [3.63, 3.8) is 0 Å². The highest BCUT2D eigenvalue weighted by Crippen LogP contribution is 2.45. The average molecular weight is 408 g/mol. The van der Waals surface area contributed by atoms with Gasteiger partial charge in [0.15, 0.2) is 0 Å². The summed E-state index contributed by atoms with van der Waals surface area (Å²) in [5.41, 5.74) is -2.25. The van der Waals surface area contributed by atoms with Crippen molar-refractivity contribution in [2.24, 2.45) is 0 Å². The third-order valence-electron chi connectivity index (χ3n) is 4.81. The second-order valence-electron chi connectivity index (χ2n) is 6.62. The highest BCUT2D eigenvalue weighted by atomic mass is 19.4. The Morgan fingerprint density at radius 2 is 1.48 bits per heavy atom. The molecule has 2 aromatic carbocycles. The number of phenols is 1. The molecule has 0 aliphatic rings. The van der Waals surface area contributed by atoms with Crippen LogP contribution in [-0.2, 0) is 11.7 Å². The monoisotopic (exact) mass is 408 g/mol. The van der Waals surface area contributed by atoms with E-state index in [2.05, 4.69) is 5.10 Å². The Labute approximate surface area is 164 Å². The van der Waals surface area contributed by atoms with Crippen LogP contribution in [0.2, 0.25) is 0 Å². The predicted octanol–water partition coefficient (Wildman–Crippen LogP) is 2.61. The third kappa shape index (κ3) is 3.71. The van der Waals surface area contributed by atoms with E-state index >= 15 is 0 Å². The number of hydrogen-bond donors (Lipinski definition) is 4. The molecule has 0 spiro atoms. The minimum Gasteiger partial charge on any atom is -0.507 e. The van der Waals surface area contributed by atoms with Gasteiger partial charge in [-0.05, 0) is 17.7 Å². The van der Waals surface area contributed by atoms with Crippen LogP contribution < -0.4 is 0 Å². The Morgan fingerprint density at radius 1 is 0.862 bits per heavy atom. The molecule has 9 heteroatoms. The molecule has 0 aliphatic heterocycles. The van der Waals surface area contributed by atoms with Gasteiger partial charge in [0.05, 0.1) is 31.6 Å². The number of nitrogens with zero attached hydrogens (tertiary/aromatic N) is 2. The SMILES string of the molecule is OCC(CO)(CO)n1cc(-c2cccc(C(F)(F)F)c2-c2ccccc2O)cn1. The van der Waals surface area contributed by atoms with Crippen LogP contribution in [0.5, 0.6) is 5.75 Å². The zero-order valence-corrected chi connectivity index (χ0v) is 15.1. The summed E-state index contributed by atoms with van der Waals surface area (Å²) in [5.74, 6) is -0.312. The number of benzene rings is 2. The van der Waals surface area contributed by atoms with E-state index in [0.717, 1.165) is 10.7 Å². The molecule has 1 aromatic heterocycles. The van der Waals surface area contributed by atoms with E-state index in [1.54, 1.807) is 0 Å². The van der Waals surface area contributed by atoms with E-state index < -0.39 is 37.1 Å². The average Bonchev–Trinajstić information content (AvgIpc) is 3.20. The summed E-state index contributed by atoms with van der Waals surface area (Å²) < 4.78 is 42.3. The van der Waals surface area contributed by atoms with E-state index in [1.807, 2.05) is 0 Å². The van der Waals surface area contributed by atoms with Crippen molar-refractivity contribution >= 4 is 0 Å². The maximum absolute atomic E-state index is 13.7. The van der Waals surface area contributed by atoms with Gasteiger partial charge in [-0.2, -0.15) is 18.3 Å². The zero-order valence-electron chi connectivity index (χ0n) is 15.1. The molecule has 0 bridgehead atoms. The normalized spacial score (nSPS) is 12.3. The Hall–Kier alpha value is -2.88. The summed E-state index contributed by atoms with van der Waals surface area (Å²) in [4.78, 5) is 0. The smallest absolute Gasteiger partial charge is 0.417 e. The predicted molar refractivity (Wildman–Crippen MR) is 99.0 cm³/mol. The highest BCUT2D eigenvalue weighted by molar-refractivity contribution is 5.88. The first-order chi connectivity index (χ1) is 13.8. The van der Waals surface area contributed by atoms with E-state index in [9.17, 15) is 33.6 Å². The molecule has 29 heavy (non-hydrogen) atoms. The van der Waals surface area contributed by atoms with Crippen LogP contribution in [-0.4, -0.2) is 50.0 Å². The van der Waals surface area contributed by atoms with Gasteiger partial charge in [0.2, 0.25) is 0 Å². The van der Waals surface area contributed by atoms with Gasteiger partial charge in [0, 0.05) is 22.9 Å². The van der Waals surface area contributed by atoms with Crippen molar-refractivity contribution < 1.29 is 33.6 Å². The summed E-state index contributed by atoms with van der Waals surface area (Å²) in [6, 6.07) is 9.33. The van der Waals surface area contributed by atoms with E-state index in [0.29, 0.717) is 0 Å². The van der Waals surface area contributed by atoms with Crippen LogP contribution in [0.15, 0.2) is 54.9 Å². The van der Waals surface area contributed by atoms with Gasteiger partial charge in [-0.25, -0.2) is 0 Å². The molecule has 0 saturated heterocycles. The molecule has 0 amide bonds. The van der Waals surface area contributed by atoms with E-state index in [1.165, 1.54) is 48.8 Å². The van der Waals surface area contributed by atoms with Gasteiger partial charge >= 0.3 is 6.18 Å². The second kappa shape index (κ2) is 7.86. The van der Waals surface area contributed by atoms with E-state index in [-0.39, 0.29) is 28.0 Å². The number of hydrogen-bond acceptors (Lipinski definition) is 5. The molecular weight excluding hydrogens is 389 g/mol. The fourth-order valence-corrected chi connectivity index (χ4v) is 3.09. The number of alkyl halides is 3. The summed E-state index contributed by atoms with van der Waals surface area (Å²) in [7, 11) is 0. The highest BCUT2D eigenvalue weighted by Gasteiger charge is 2.36. The zero-order chi connectivity index (χ0) is 21.2. The summed E-state index contributed by atoms with van der Waals surface area (Å²) in [6.45, 7) is -1.89. The number of phenolic OH excluding ortho intramolecular Hbond substituents is 1. The van der Waals surface area contributed by atoms with Crippen molar-refractivity contribution in [2.45, 2.75) is 11.7 Å². The molecule has 3 aromatic rings. The Bertz CT molecular complexity index is 989. The number of para-hydroxylation sites is 1. The van der Waals surface area contributed by atoms with Gasteiger partial charge in [-0.3, -0.25) is 4.68 Å². The number of aliphatic hydroxyl groups excluding tert-OH is 3. The van der Waals surface area contributed by atoms with Gasteiger partial charge in [0.1, 0.15) is 11.3 Å². The Balaban J connectivity index is 2.26. The van der Waals surface area contributed by atoms with Crippen molar-refractivity contribution in [3.8, 4) is 28.0 Å². The number of aliphatic hydroxyl groups is 3. The molecule has 0 unspecified atom stereocenters. The lowest BCUT2D eigenvalue weighted by molar-refractivity contribution is -0.137. The molecule has 1 heterocycles. The summed E-state index contributed by atoms with van der Waals surface area (Å²) in [5, 5.41) is 42.9. The Kier molecular flexibility index (Phi) is 5.65. The van der Waals surface area contributed by atoms with Crippen molar-refractivity contribution in [2.75, 3.05) is 19.8 Å². The molecule has 0 atom stereocenters. The number of aromatic nitrogens is 2. The fraction of sp³-hybridized carbons (Fsp3) is 0.250. The molecule has 0 fully saturated rings. The number of rotatable bonds is 6. The lowest BCUT2D eigenvalue weighted by atomic mass is 9.91.